The summed E-state index contributed by atoms with van der Waals surface area (Å²) in [5.74, 6) is -4.95. The van der Waals surface area contributed by atoms with Crippen molar-refractivity contribution in [3.63, 3.8) is 0 Å². The molecular formula is C9H15K3O12. The number of carboxylic acid groups (broad SMARTS) is 3. The Morgan fingerprint density at radius 1 is 0.583 bits per heavy atom. The van der Waals surface area contributed by atoms with Crippen LogP contribution in [0.3, 0.4) is 0 Å². The third-order valence-electron chi connectivity index (χ3n) is 1.34. The number of rotatable bonds is 6. The van der Waals surface area contributed by atoms with Crippen LogP contribution in [0.15, 0.2) is 0 Å². The molecule has 0 saturated heterocycles. The van der Waals surface area contributed by atoms with E-state index in [9.17, 15) is 29.7 Å². The summed E-state index contributed by atoms with van der Waals surface area (Å²) in [6.45, 7) is -2.37. The molecule has 24 heavy (non-hydrogen) atoms. The van der Waals surface area contributed by atoms with Crippen LogP contribution in [-0.2, 0) is 14.4 Å². The summed E-state index contributed by atoms with van der Waals surface area (Å²) < 4.78 is 0. The van der Waals surface area contributed by atoms with E-state index in [2.05, 4.69) is 0 Å². The van der Waals surface area contributed by atoms with E-state index < -0.39 is 56.0 Å². The second kappa shape index (κ2) is 28.3. The SMILES string of the molecule is O=C([O-])C(O)CO.O=C([O-])C(O)CO.O=C([O-])C(O)CO.[K+].[K+].[K+]. The first-order chi connectivity index (χ1) is 9.54. The van der Waals surface area contributed by atoms with Gasteiger partial charge >= 0.3 is 154 Å². The first-order valence-electron chi connectivity index (χ1n) is 5.04. The molecule has 0 amide bonds. The van der Waals surface area contributed by atoms with Crippen LogP contribution in [-0.4, -0.2) is 86.7 Å². The monoisotopic (exact) mass is 432 g/mol. The second-order valence-electron chi connectivity index (χ2n) is 3.05. The maximum atomic E-state index is 9.41. The molecule has 0 bridgehead atoms. The first kappa shape index (κ1) is 41.4. The number of carbonyl (C=O) groups is 3. The van der Waals surface area contributed by atoms with Crippen LogP contribution >= 0.6 is 0 Å². The van der Waals surface area contributed by atoms with Crippen molar-refractivity contribution in [3.8, 4) is 0 Å². The molecule has 126 valence electrons. The molecule has 3 unspecified atom stereocenters. The van der Waals surface area contributed by atoms with Gasteiger partial charge in [0.2, 0.25) is 0 Å². The van der Waals surface area contributed by atoms with Crippen LogP contribution in [0.2, 0.25) is 0 Å². The molecule has 0 aromatic heterocycles. The fourth-order valence-electron chi connectivity index (χ4n) is 0.224. The van der Waals surface area contributed by atoms with E-state index in [0.717, 1.165) is 0 Å². The van der Waals surface area contributed by atoms with E-state index in [4.69, 9.17) is 30.6 Å². The number of aliphatic hydroxyl groups is 6. The first-order valence-corrected chi connectivity index (χ1v) is 5.04. The van der Waals surface area contributed by atoms with Crippen LogP contribution in [0.5, 0.6) is 0 Å². The topological polar surface area (TPSA) is 242 Å². The molecule has 15 heteroatoms. The van der Waals surface area contributed by atoms with Crippen molar-refractivity contribution in [1.29, 1.82) is 0 Å². The van der Waals surface area contributed by atoms with Gasteiger partial charge in [-0.3, -0.25) is 0 Å². The summed E-state index contributed by atoms with van der Waals surface area (Å²) in [5, 5.41) is 75.8. The van der Waals surface area contributed by atoms with Crippen molar-refractivity contribution in [2.75, 3.05) is 19.8 Å². The minimum absolute atomic E-state index is 0. The maximum absolute atomic E-state index is 9.41. The molecule has 0 aromatic rings. The Labute approximate surface area is 264 Å². The van der Waals surface area contributed by atoms with E-state index in [1.165, 1.54) is 0 Å². The van der Waals surface area contributed by atoms with Gasteiger partial charge in [-0.15, -0.1) is 0 Å². The second-order valence-corrected chi connectivity index (χ2v) is 3.05. The minimum atomic E-state index is -1.74. The summed E-state index contributed by atoms with van der Waals surface area (Å²) in [7, 11) is 0. The molecule has 0 aliphatic carbocycles. The van der Waals surface area contributed by atoms with Gasteiger partial charge in [-0.05, 0) is 0 Å². The van der Waals surface area contributed by atoms with Gasteiger partial charge in [0.1, 0.15) is 18.3 Å². The Hall–Kier alpha value is 3.08. The van der Waals surface area contributed by atoms with Crippen LogP contribution in [0, 0.1) is 0 Å². The summed E-state index contributed by atoms with van der Waals surface area (Å²) in [4.78, 5) is 28.2. The van der Waals surface area contributed by atoms with E-state index in [1.807, 2.05) is 0 Å². The number of carbonyl (C=O) groups excluding carboxylic acids is 3. The van der Waals surface area contributed by atoms with Gasteiger partial charge in [-0.2, -0.15) is 0 Å². The van der Waals surface area contributed by atoms with E-state index in [1.54, 1.807) is 0 Å². The predicted octanol–water partition coefficient (Wildman–Crippen LogP) is -17.7. The molecule has 3 atom stereocenters. The number of aliphatic hydroxyl groups excluding tert-OH is 6. The molecule has 6 N–H and O–H groups in total. The molecule has 0 aliphatic rings. The quantitative estimate of drug-likeness (QED) is 0.214. The zero-order chi connectivity index (χ0) is 17.6. The van der Waals surface area contributed by atoms with Crippen molar-refractivity contribution in [2.24, 2.45) is 0 Å². The van der Waals surface area contributed by atoms with Gasteiger partial charge < -0.3 is 60.3 Å². The standard InChI is InChI=1S/3C3H6O4.3K/c3*4-1-2(5)3(6)7;;;/h3*2,4-5H,1H2,(H,6,7);;;/q;;;3*+1/p-3. The molecule has 0 spiro atoms. The van der Waals surface area contributed by atoms with Crippen LogP contribution in [0.25, 0.3) is 0 Å². The van der Waals surface area contributed by atoms with Gasteiger partial charge in [0.15, 0.2) is 0 Å². The fraction of sp³-hybridized carbons (Fsp3) is 0.667. The number of carboxylic acids is 3. The third-order valence-corrected chi connectivity index (χ3v) is 1.34. The van der Waals surface area contributed by atoms with Crippen molar-refractivity contribution < 1.29 is 214 Å². The summed E-state index contributed by atoms with van der Waals surface area (Å²) in [6, 6.07) is 0. The molecular weight excluding hydrogens is 417 g/mol. The summed E-state index contributed by atoms with van der Waals surface area (Å²) in [6.07, 6.45) is -5.21. The van der Waals surface area contributed by atoms with Crippen molar-refractivity contribution in [2.45, 2.75) is 18.3 Å². The Kier molecular flexibility index (Phi) is 48.9. The minimum Gasteiger partial charge on any atom is -0.547 e. The molecule has 0 rings (SSSR count). The average molecular weight is 433 g/mol. The van der Waals surface area contributed by atoms with Crippen LogP contribution in [0.1, 0.15) is 0 Å². The maximum Gasteiger partial charge on any atom is 1.00 e. The van der Waals surface area contributed by atoms with Crippen LogP contribution in [0.4, 0.5) is 0 Å². The molecule has 0 aliphatic heterocycles. The zero-order valence-corrected chi connectivity index (χ0v) is 22.9. The van der Waals surface area contributed by atoms with E-state index in [-0.39, 0.29) is 154 Å². The molecule has 0 saturated carbocycles. The number of hydrogen-bond donors (Lipinski definition) is 6. The Morgan fingerprint density at radius 2 is 0.708 bits per heavy atom. The van der Waals surface area contributed by atoms with Crippen molar-refractivity contribution >= 4 is 17.9 Å². The van der Waals surface area contributed by atoms with Gasteiger partial charge in [-0.25, -0.2) is 0 Å². The van der Waals surface area contributed by atoms with Gasteiger partial charge in [0.05, 0.1) is 37.7 Å². The van der Waals surface area contributed by atoms with Crippen molar-refractivity contribution in [1.82, 2.24) is 0 Å². The zero-order valence-electron chi connectivity index (χ0n) is 13.5. The van der Waals surface area contributed by atoms with Gasteiger partial charge in [0, 0.05) is 0 Å². The Bertz CT molecular complexity index is 269. The summed E-state index contributed by atoms with van der Waals surface area (Å²) in [5.41, 5.74) is 0. The normalized spacial score (nSPS) is 11.8. The van der Waals surface area contributed by atoms with Crippen LogP contribution < -0.4 is 169 Å². The van der Waals surface area contributed by atoms with E-state index >= 15 is 0 Å². The molecule has 0 aromatic carbocycles. The number of aliphatic carboxylic acids is 3. The smallest absolute Gasteiger partial charge is 0.547 e. The van der Waals surface area contributed by atoms with Gasteiger partial charge in [-0.1, -0.05) is 0 Å². The van der Waals surface area contributed by atoms with Crippen molar-refractivity contribution in [3.05, 3.63) is 0 Å². The Balaban J connectivity index is -0.0000000476. The van der Waals surface area contributed by atoms with E-state index in [0.29, 0.717) is 0 Å². The third kappa shape index (κ3) is 32.7. The molecule has 0 radical (unpaired) electrons. The molecule has 0 fully saturated rings. The largest absolute Gasteiger partial charge is 1.00 e. The van der Waals surface area contributed by atoms with Gasteiger partial charge in [0.25, 0.3) is 0 Å². The fourth-order valence-corrected chi connectivity index (χ4v) is 0.224. The summed E-state index contributed by atoms with van der Waals surface area (Å²) >= 11 is 0. The average Bonchev–Trinajstić information content (AvgIpc) is 2.45. The molecule has 12 nitrogen and oxygen atoms in total. The molecule has 0 heterocycles. The number of hydrogen-bond acceptors (Lipinski definition) is 12. The predicted molar refractivity (Wildman–Crippen MR) is 54.3 cm³/mol. The Morgan fingerprint density at radius 3 is 0.708 bits per heavy atom.